The number of nitrogens with two attached hydrogens (primary N) is 1. The zero-order valence-electron chi connectivity index (χ0n) is 25.2. The Morgan fingerprint density at radius 1 is 0.737 bits per heavy atom. The molecule has 0 saturated heterocycles. The van der Waals surface area contributed by atoms with Crippen molar-refractivity contribution in [2.24, 2.45) is 11.7 Å². The first-order valence-electron chi connectivity index (χ1n) is 15.9. The van der Waals surface area contributed by atoms with Crippen molar-refractivity contribution in [2.45, 2.75) is 155 Å². The Kier molecular flexibility index (Phi) is 26.8. The Hall–Kier alpha value is -1.02. The molecule has 7 nitrogen and oxygen atoms in total. The van der Waals surface area contributed by atoms with Gasteiger partial charge in [-0.1, -0.05) is 111 Å². The summed E-state index contributed by atoms with van der Waals surface area (Å²) in [5.41, 5.74) is 5.91. The molecule has 0 aliphatic rings. The van der Waals surface area contributed by atoms with Crippen LogP contribution in [0.1, 0.15) is 143 Å². The molecule has 0 radical (unpaired) electrons. The summed E-state index contributed by atoms with van der Waals surface area (Å²) in [6.45, 7) is 8.63. The molecular formula is C31H63N3O4. The Bertz CT molecular complexity index is 545. The highest BCUT2D eigenvalue weighted by Gasteiger charge is 2.16. The minimum atomic E-state index is -0.775. The third kappa shape index (κ3) is 24.1. The minimum Gasteiger partial charge on any atom is -0.480 e. The summed E-state index contributed by atoms with van der Waals surface area (Å²) < 4.78 is 5.58. The van der Waals surface area contributed by atoms with E-state index in [1.54, 1.807) is 0 Å². The van der Waals surface area contributed by atoms with E-state index in [9.17, 15) is 14.7 Å². The maximum absolute atomic E-state index is 11.8. The molecule has 226 valence electrons. The number of unbranched alkanes of at least 4 members (excludes halogenated alkanes) is 14. The predicted octanol–water partition coefficient (Wildman–Crippen LogP) is 6.58. The van der Waals surface area contributed by atoms with E-state index in [0.29, 0.717) is 19.8 Å². The molecule has 0 aromatic rings. The van der Waals surface area contributed by atoms with Gasteiger partial charge in [-0.3, -0.25) is 14.9 Å². The third-order valence-corrected chi connectivity index (χ3v) is 7.26. The number of carbonyl (C=O) groups is 2. The molecule has 2 atom stereocenters. The van der Waals surface area contributed by atoms with Crippen molar-refractivity contribution in [1.82, 2.24) is 10.6 Å². The number of hydrogen-bond donors (Lipinski definition) is 4. The molecule has 0 aliphatic carbocycles. The van der Waals surface area contributed by atoms with Gasteiger partial charge >= 0.3 is 5.97 Å². The fraction of sp³-hybridized carbons (Fsp3) is 0.935. The van der Waals surface area contributed by atoms with Crippen molar-refractivity contribution in [3.63, 3.8) is 0 Å². The van der Waals surface area contributed by atoms with Crippen molar-refractivity contribution in [1.29, 1.82) is 0 Å². The molecule has 0 spiro atoms. The van der Waals surface area contributed by atoms with Crippen LogP contribution in [-0.4, -0.2) is 55.4 Å². The number of carboxylic acids is 1. The van der Waals surface area contributed by atoms with E-state index in [1.807, 2.05) is 13.8 Å². The van der Waals surface area contributed by atoms with E-state index in [4.69, 9.17) is 10.5 Å². The van der Waals surface area contributed by atoms with Crippen LogP contribution in [0, 0.1) is 5.92 Å². The monoisotopic (exact) mass is 541 g/mol. The number of hydrogen-bond acceptors (Lipinski definition) is 6. The number of aliphatic carboxylic acids is 1. The van der Waals surface area contributed by atoms with Gasteiger partial charge in [0.25, 0.3) is 0 Å². The molecule has 0 aliphatic heterocycles. The first kappa shape index (κ1) is 37.0. The Morgan fingerprint density at radius 3 is 1.79 bits per heavy atom. The van der Waals surface area contributed by atoms with E-state index >= 15 is 0 Å². The molecule has 0 bridgehead atoms. The second-order valence-corrected chi connectivity index (χ2v) is 11.3. The largest absolute Gasteiger partial charge is 0.480 e. The Labute approximate surface area is 234 Å². The van der Waals surface area contributed by atoms with Crippen molar-refractivity contribution < 1.29 is 19.4 Å². The van der Waals surface area contributed by atoms with Crippen LogP contribution >= 0.6 is 0 Å². The van der Waals surface area contributed by atoms with Crippen LogP contribution in [0.2, 0.25) is 0 Å². The average Bonchev–Trinajstić information content (AvgIpc) is 2.89. The molecule has 0 aromatic heterocycles. The molecule has 0 fully saturated rings. The Balaban J connectivity index is 3.50. The zero-order valence-corrected chi connectivity index (χ0v) is 25.2. The van der Waals surface area contributed by atoms with Crippen molar-refractivity contribution in [3.05, 3.63) is 0 Å². The maximum atomic E-state index is 11.8. The predicted molar refractivity (Wildman–Crippen MR) is 159 cm³/mol. The number of ether oxygens (including phenoxy) is 1. The fourth-order valence-corrected chi connectivity index (χ4v) is 4.70. The standard InChI is InChI=1S/C31H63N3O4/c1-4-5-6-7-8-9-10-11-12-13-14-15-16-18-24-34-29(31(36)37)22-20-25-38-26-33-23-19-17-21-28(32)30(35)27(2)3/h27-29,33-34H,4-26,32H2,1-3H3,(H,36,37)/t28-,29-/m0/s1. The van der Waals surface area contributed by atoms with Gasteiger partial charge in [-0.25, -0.2) is 0 Å². The van der Waals surface area contributed by atoms with Gasteiger partial charge in [0, 0.05) is 12.5 Å². The summed E-state index contributed by atoms with van der Waals surface area (Å²) in [6.07, 6.45) is 22.5. The summed E-state index contributed by atoms with van der Waals surface area (Å²) in [6, 6.07) is -0.845. The van der Waals surface area contributed by atoms with Crippen LogP contribution in [0.4, 0.5) is 0 Å². The number of carbonyl (C=O) groups excluding carboxylic acids is 1. The zero-order chi connectivity index (χ0) is 28.3. The van der Waals surface area contributed by atoms with Gasteiger partial charge in [0.1, 0.15) is 6.04 Å². The van der Waals surface area contributed by atoms with Crippen LogP contribution < -0.4 is 16.4 Å². The van der Waals surface area contributed by atoms with Crippen LogP contribution in [0.15, 0.2) is 0 Å². The maximum Gasteiger partial charge on any atom is 0.320 e. The van der Waals surface area contributed by atoms with Gasteiger partial charge in [0.05, 0.1) is 12.8 Å². The number of Topliss-reactive ketones (excluding diaryl/α,β-unsaturated/α-hetero) is 1. The molecule has 0 aromatic carbocycles. The number of carboxylic acid groups (broad SMARTS) is 1. The molecule has 0 rings (SSSR count). The normalized spacial score (nSPS) is 13.2. The van der Waals surface area contributed by atoms with E-state index in [2.05, 4.69) is 17.6 Å². The second kappa shape index (κ2) is 27.5. The summed E-state index contributed by atoms with van der Waals surface area (Å²) in [7, 11) is 0. The van der Waals surface area contributed by atoms with Gasteiger partial charge in [-0.15, -0.1) is 0 Å². The average molecular weight is 542 g/mol. The lowest BCUT2D eigenvalue weighted by atomic mass is 9.98. The van der Waals surface area contributed by atoms with E-state index in [-0.39, 0.29) is 17.7 Å². The van der Waals surface area contributed by atoms with Gasteiger partial charge in [-0.2, -0.15) is 0 Å². The first-order chi connectivity index (χ1) is 18.4. The van der Waals surface area contributed by atoms with Crippen molar-refractivity contribution in [3.8, 4) is 0 Å². The van der Waals surface area contributed by atoms with Crippen LogP contribution in [0.5, 0.6) is 0 Å². The fourth-order valence-electron chi connectivity index (χ4n) is 4.70. The quantitative estimate of drug-likeness (QED) is 0.0600. The van der Waals surface area contributed by atoms with E-state index in [0.717, 1.165) is 45.2 Å². The summed E-state index contributed by atoms with van der Waals surface area (Å²) in [5, 5.41) is 15.9. The minimum absolute atomic E-state index is 0.00323. The highest BCUT2D eigenvalue weighted by Crippen LogP contribution is 2.13. The van der Waals surface area contributed by atoms with E-state index < -0.39 is 12.0 Å². The number of ketones is 1. The van der Waals surface area contributed by atoms with Crippen LogP contribution in [0.3, 0.4) is 0 Å². The lowest BCUT2D eigenvalue weighted by Crippen LogP contribution is -2.37. The lowest BCUT2D eigenvalue weighted by Gasteiger charge is -2.15. The highest BCUT2D eigenvalue weighted by atomic mass is 16.5. The molecule has 0 unspecified atom stereocenters. The molecule has 5 N–H and O–H groups in total. The molecule has 0 heterocycles. The number of nitrogens with one attached hydrogen (secondary N) is 2. The van der Waals surface area contributed by atoms with Gasteiger partial charge < -0.3 is 20.9 Å². The Morgan fingerprint density at radius 2 is 1.26 bits per heavy atom. The second-order valence-electron chi connectivity index (χ2n) is 11.3. The molecule has 7 heteroatoms. The molecular weight excluding hydrogens is 478 g/mol. The van der Waals surface area contributed by atoms with Crippen LogP contribution in [0.25, 0.3) is 0 Å². The third-order valence-electron chi connectivity index (χ3n) is 7.26. The lowest BCUT2D eigenvalue weighted by molar-refractivity contribution is -0.139. The van der Waals surface area contributed by atoms with Crippen LogP contribution in [-0.2, 0) is 14.3 Å². The van der Waals surface area contributed by atoms with Gasteiger partial charge in [0.15, 0.2) is 5.78 Å². The molecule has 0 saturated carbocycles. The smallest absolute Gasteiger partial charge is 0.320 e. The highest BCUT2D eigenvalue weighted by molar-refractivity contribution is 5.85. The van der Waals surface area contributed by atoms with E-state index in [1.165, 1.54) is 83.5 Å². The molecule has 0 amide bonds. The number of rotatable bonds is 30. The van der Waals surface area contributed by atoms with Gasteiger partial charge in [-0.05, 0) is 45.2 Å². The summed E-state index contributed by atoms with van der Waals surface area (Å²) in [4.78, 5) is 23.3. The SMILES string of the molecule is CCCCCCCCCCCCCCCCN[C@@H](CCCOCNCCCC[C@H](N)C(=O)C(C)C)C(=O)O. The topological polar surface area (TPSA) is 114 Å². The molecule has 38 heavy (non-hydrogen) atoms. The summed E-state index contributed by atoms with van der Waals surface area (Å²) in [5.74, 6) is -0.644. The van der Waals surface area contributed by atoms with Gasteiger partial charge in [0.2, 0.25) is 0 Å². The van der Waals surface area contributed by atoms with Crippen molar-refractivity contribution >= 4 is 11.8 Å². The van der Waals surface area contributed by atoms with Crippen molar-refractivity contribution in [2.75, 3.05) is 26.4 Å². The first-order valence-corrected chi connectivity index (χ1v) is 15.9. The summed E-state index contributed by atoms with van der Waals surface area (Å²) >= 11 is 0.